The lowest BCUT2D eigenvalue weighted by Gasteiger charge is -2.55. The van der Waals surface area contributed by atoms with E-state index in [2.05, 4.69) is 24.4 Å². The van der Waals surface area contributed by atoms with Gasteiger partial charge in [0.25, 0.3) is 0 Å². The quantitative estimate of drug-likeness (QED) is 0.756. The Morgan fingerprint density at radius 3 is 2.59 bits per heavy atom. The summed E-state index contributed by atoms with van der Waals surface area (Å²) < 4.78 is 5.95. The van der Waals surface area contributed by atoms with E-state index in [-0.39, 0.29) is 0 Å². The Morgan fingerprint density at radius 2 is 1.94 bits per heavy atom. The van der Waals surface area contributed by atoms with Gasteiger partial charge in [-0.05, 0) is 39.0 Å². The number of ether oxygens (including phenoxy) is 1. The second kappa shape index (κ2) is 4.74. The summed E-state index contributed by atoms with van der Waals surface area (Å²) in [4.78, 5) is 0. The lowest BCUT2D eigenvalue weighted by atomic mass is 9.60. The van der Waals surface area contributed by atoms with Crippen molar-refractivity contribution in [3.05, 3.63) is 12.2 Å². The van der Waals surface area contributed by atoms with E-state index in [0.717, 1.165) is 12.6 Å². The highest BCUT2D eigenvalue weighted by Crippen LogP contribution is 2.55. The van der Waals surface area contributed by atoms with Crippen LogP contribution in [0.3, 0.4) is 0 Å². The fourth-order valence-corrected chi connectivity index (χ4v) is 4.16. The van der Waals surface area contributed by atoms with Gasteiger partial charge in [0, 0.05) is 24.1 Å². The van der Waals surface area contributed by atoms with Crippen LogP contribution in [0, 0.1) is 5.41 Å². The number of rotatable bonds is 4. The first kappa shape index (κ1) is 11.7. The third-order valence-corrected chi connectivity index (χ3v) is 5.13. The third-order valence-electron chi connectivity index (χ3n) is 5.13. The van der Waals surface area contributed by atoms with E-state index in [4.69, 9.17) is 4.74 Å². The minimum atomic E-state index is 0.499. The van der Waals surface area contributed by atoms with Crippen LogP contribution in [0.2, 0.25) is 0 Å². The second-order valence-electron chi connectivity index (χ2n) is 5.98. The summed E-state index contributed by atoms with van der Waals surface area (Å²) >= 11 is 0. The first-order valence-electron chi connectivity index (χ1n) is 7.38. The summed E-state index contributed by atoms with van der Waals surface area (Å²) in [5.74, 6) is 0. The Labute approximate surface area is 105 Å². The smallest absolute Gasteiger partial charge is 0.0661 e. The molecule has 3 aliphatic rings. The minimum Gasteiger partial charge on any atom is -0.378 e. The first-order chi connectivity index (χ1) is 8.35. The van der Waals surface area contributed by atoms with Crippen LogP contribution in [-0.4, -0.2) is 24.8 Å². The highest BCUT2D eigenvalue weighted by Gasteiger charge is 2.56. The summed E-state index contributed by atoms with van der Waals surface area (Å²) in [7, 11) is 0. The molecule has 2 unspecified atom stereocenters. The van der Waals surface area contributed by atoms with Crippen LogP contribution in [0.4, 0.5) is 0 Å². The zero-order valence-corrected chi connectivity index (χ0v) is 11.0. The highest BCUT2D eigenvalue weighted by atomic mass is 16.5. The zero-order valence-electron chi connectivity index (χ0n) is 11.0. The Kier molecular flexibility index (Phi) is 3.27. The Balaban J connectivity index is 1.61. The van der Waals surface area contributed by atoms with Gasteiger partial charge in [-0.15, -0.1) is 0 Å². The van der Waals surface area contributed by atoms with Crippen LogP contribution in [0.15, 0.2) is 12.2 Å². The maximum Gasteiger partial charge on any atom is 0.0661 e. The average Bonchev–Trinajstić information content (AvgIpc) is 3.00. The molecule has 96 valence electrons. The summed E-state index contributed by atoms with van der Waals surface area (Å²) in [6.07, 6.45) is 14.5. The third kappa shape index (κ3) is 1.96. The van der Waals surface area contributed by atoms with Crippen LogP contribution in [0.25, 0.3) is 0 Å². The van der Waals surface area contributed by atoms with Gasteiger partial charge >= 0.3 is 0 Å². The summed E-state index contributed by atoms with van der Waals surface area (Å²) in [5, 5.41) is 3.89. The van der Waals surface area contributed by atoms with Crippen molar-refractivity contribution in [1.82, 2.24) is 5.32 Å². The molecular formula is C15H25NO. The van der Waals surface area contributed by atoms with Crippen LogP contribution < -0.4 is 5.32 Å². The largest absolute Gasteiger partial charge is 0.378 e. The Hall–Kier alpha value is -0.340. The van der Waals surface area contributed by atoms with E-state index in [0.29, 0.717) is 17.6 Å². The first-order valence-corrected chi connectivity index (χ1v) is 7.38. The maximum atomic E-state index is 5.95. The molecule has 2 atom stereocenters. The van der Waals surface area contributed by atoms with Crippen LogP contribution >= 0.6 is 0 Å². The van der Waals surface area contributed by atoms with Crippen LogP contribution in [0.5, 0.6) is 0 Å². The van der Waals surface area contributed by atoms with Gasteiger partial charge < -0.3 is 10.1 Å². The topological polar surface area (TPSA) is 21.3 Å². The van der Waals surface area contributed by atoms with Gasteiger partial charge in [-0.1, -0.05) is 25.0 Å². The molecule has 2 fully saturated rings. The molecule has 0 saturated heterocycles. The van der Waals surface area contributed by atoms with Crippen LogP contribution in [-0.2, 0) is 4.74 Å². The van der Waals surface area contributed by atoms with Gasteiger partial charge in [-0.25, -0.2) is 0 Å². The number of hydrogen-bond donors (Lipinski definition) is 1. The molecule has 1 spiro atoms. The van der Waals surface area contributed by atoms with Crippen LogP contribution in [0.1, 0.15) is 51.9 Å². The maximum absolute atomic E-state index is 5.95. The second-order valence-corrected chi connectivity index (χ2v) is 5.98. The molecule has 0 aromatic carbocycles. The van der Waals surface area contributed by atoms with Gasteiger partial charge in [0.05, 0.1) is 6.10 Å². The van der Waals surface area contributed by atoms with Gasteiger partial charge in [0.1, 0.15) is 0 Å². The van der Waals surface area contributed by atoms with Crippen molar-refractivity contribution in [3.63, 3.8) is 0 Å². The molecule has 0 radical (unpaired) electrons. The summed E-state index contributed by atoms with van der Waals surface area (Å²) in [5.41, 5.74) is 0.499. The fraction of sp³-hybridized carbons (Fsp3) is 0.867. The van der Waals surface area contributed by atoms with Gasteiger partial charge in [0.15, 0.2) is 0 Å². The van der Waals surface area contributed by atoms with Gasteiger partial charge in [-0.2, -0.15) is 0 Å². The molecule has 2 saturated carbocycles. The molecule has 2 heteroatoms. The molecule has 3 aliphatic carbocycles. The monoisotopic (exact) mass is 235 g/mol. The molecular weight excluding hydrogens is 210 g/mol. The molecule has 1 N–H and O–H groups in total. The van der Waals surface area contributed by atoms with E-state index in [1.165, 1.54) is 44.9 Å². The summed E-state index contributed by atoms with van der Waals surface area (Å²) in [6.45, 7) is 3.01. The highest BCUT2D eigenvalue weighted by molar-refractivity contribution is 5.12. The van der Waals surface area contributed by atoms with Crippen molar-refractivity contribution in [2.45, 2.75) is 70.1 Å². The molecule has 0 aromatic rings. The minimum absolute atomic E-state index is 0.499. The lowest BCUT2D eigenvalue weighted by Crippen LogP contribution is -2.64. The van der Waals surface area contributed by atoms with E-state index >= 15 is 0 Å². The molecule has 0 aliphatic heterocycles. The zero-order chi connectivity index (χ0) is 11.7. The average molecular weight is 235 g/mol. The molecule has 0 amide bonds. The standard InChI is InChI=1S/C15H25NO/c1-2-17-14-11-13(15(14)9-5-6-10-15)16-12-7-3-4-8-12/h3-4,12-14,16H,2,5-11H2,1H3. The Morgan fingerprint density at radius 1 is 1.24 bits per heavy atom. The lowest BCUT2D eigenvalue weighted by molar-refractivity contribution is -0.132. The van der Waals surface area contributed by atoms with Crippen molar-refractivity contribution in [2.75, 3.05) is 6.61 Å². The van der Waals surface area contributed by atoms with Gasteiger partial charge in [-0.3, -0.25) is 0 Å². The summed E-state index contributed by atoms with van der Waals surface area (Å²) in [6, 6.07) is 1.44. The fourth-order valence-electron chi connectivity index (χ4n) is 4.16. The Bertz CT molecular complexity index is 285. The predicted octanol–water partition coefficient (Wildman–Crippen LogP) is 3.03. The SMILES string of the molecule is CCOC1CC(NC2CC=CC2)C12CCCC2. The molecule has 2 nitrogen and oxygen atoms in total. The molecule has 17 heavy (non-hydrogen) atoms. The van der Waals surface area contributed by atoms with Crippen molar-refractivity contribution < 1.29 is 4.74 Å². The van der Waals surface area contributed by atoms with Crippen molar-refractivity contribution >= 4 is 0 Å². The normalized spacial score (nSPS) is 35.6. The van der Waals surface area contributed by atoms with Crippen molar-refractivity contribution in [1.29, 1.82) is 0 Å². The number of hydrogen-bond acceptors (Lipinski definition) is 2. The molecule has 0 heterocycles. The van der Waals surface area contributed by atoms with E-state index in [1.807, 2.05) is 0 Å². The molecule has 0 bridgehead atoms. The molecule has 3 rings (SSSR count). The van der Waals surface area contributed by atoms with Crippen molar-refractivity contribution in [3.8, 4) is 0 Å². The number of nitrogens with one attached hydrogen (secondary N) is 1. The van der Waals surface area contributed by atoms with E-state index in [1.54, 1.807) is 0 Å². The van der Waals surface area contributed by atoms with E-state index in [9.17, 15) is 0 Å². The van der Waals surface area contributed by atoms with Crippen molar-refractivity contribution in [2.24, 2.45) is 5.41 Å². The predicted molar refractivity (Wildman–Crippen MR) is 70.0 cm³/mol. The van der Waals surface area contributed by atoms with Gasteiger partial charge in [0.2, 0.25) is 0 Å². The molecule has 0 aromatic heterocycles. The van der Waals surface area contributed by atoms with E-state index < -0.39 is 0 Å².